The van der Waals surface area contributed by atoms with Gasteiger partial charge in [0.2, 0.25) is 0 Å². The highest BCUT2D eigenvalue weighted by Crippen LogP contribution is 2.36. The standard InChI is InChI=1S/C27H35F2N5O4Si/c1-37-20-10-18(9-19(28)12-20)24(15-35)31-27(36)34-6-5-17-11-21(23(29)13-25(17)34)22-14-33(32-26(22)30)16-38-7-8-39(2,3)4/h9-14,24,35H,5-8,15-16H2,1-4H3,(H2,30,32)(H,31,36). The van der Waals surface area contributed by atoms with E-state index in [-0.39, 0.29) is 18.3 Å². The summed E-state index contributed by atoms with van der Waals surface area (Å²) in [6.07, 6.45) is 2.16. The predicted octanol–water partition coefficient (Wildman–Crippen LogP) is 4.54. The van der Waals surface area contributed by atoms with E-state index < -0.39 is 38.4 Å². The van der Waals surface area contributed by atoms with E-state index >= 15 is 4.39 Å². The maximum atomic E-state index is 15.3. The molecule has 39 heavy (non-hydrogen) atoms. The van der Waals surface area contributed by atoms with Crippen molar-refractivity contribution in [3.05, 3.63) is 59.3 Å². The second kappa shape index (κ2) is 11.7. The Hall–Kier alpha value is -3.48. The number of nitrogen functional groups attached to an aromatic ring is 1. The summed E-state index contributed by atoms with van der Waals surface area (Å²) in [5.41, 5.74) is 8.40. The third-order valence-corrected chi connectivity index (χ3v) is 8.33. The lowest BCUT2D eigenvalue weighted by Crippen LogP contribution is -2.42. The van der Waals surface area contributed by atoms with E-state index in [4.69, 9.17) is 15.2 Å². The summed E-state index contributed by atoms with van der Waals surface area (Å²) in [6.45, 7) is 7.52. The van der Waals surface area contributed by atoms with Crippen molar-refractivity contribution in [3.63, 3.8) is 0 Å². The Morgan fingerprint density at radius 1 is 1.21 bits per heavy atom. The molecule has 4 N–H and O–H groups in total. The number of halogens is 2. The largest absolute Gasteiger partial charge is 0.497 e. The fourth-order valence-corrected chi connectivity index (χ4v) is 5.20. The number of nitrogens with zero attached hydrogens (tertiary/aromatic N) is 3. The fraction of sp³-hybridized carbons (Fsp3) is 0.407. The number of aliphatic hydroxyl groups excluding tert-OH is 1. The van der Waals surface area contributed by atoms with Crippen LogP contribution in [0.4, 0.5) is 25.1 Å². The molecule has 3 aromatic rings. The summed E-state index contributed by atoms with van der Waals surface area (Å²) >= 11 is 0. The number of methoxy groups -OCH3 is 1. The molecule has 1 aromatic heterocycles. The summed E-state index contributed by atoms with van der Waals surface area (Å²) in [4.78, 5) is 14.5. The molecule has 1 aliphatic rings. The molecule has 1 atom stereocenters. The molecule has 0 radical (unpaired) electrons. The molecule has 2 heterocycles. The first-order chi connectivity index (χ1) is 18.5. The van der Waals surface area contributed by atoms with Crippen LogP contribution in [0.1, 0.15) is 17.2 Å². The minimum atomic E-state index is -1.21. The second-order valence-corrected chi connectivity index (χ2v) is 16.4. The maximum absolute atomic E-state index is 15.3. The van der Waals surface area contributed by atoms with Gasteiger partial charge in [-0.05, 0) is 47.9 Å². The van der Waals surface area contributed by atoms with Gasteiger partial charge in [0, 0.05) is 44.6 Å². The van der Waals surface area contributed by atoms with E-state index in [0.29, 0.717) is 42.0 Å². The summed E-state index contributed by atoms with van der Waals surface area (Å²) in [7, 11) is 0.186. The van der Waals surface area contributed by atoms with E-state index in [9.17, 15) is 14.3 Å². The zero-order chi connectivity index (χ0) is 28.3. The normalized spacial score (nSPS) is 13.9. The minimum Gasteiger partial charge on any atom is -0.497 e. The molecule has 9 nitrogen and oxygen atoms in total. The summed E-state index contributed by atoms with van der Waals surface area (Å²) in [5.74, 6) is -0.655. The van der Waals surface area contributed by atoms with Crippen molar-refractivity contribution in [2.75, 3.05) is 37.5 Å². The van der Waals surface area contributed by atoms with Gasteiger partial charge in [-0.15, -0.1) is 0 Å². The number of fused-ring (bicyclic) bond motifs is 1. The van der Waals surface area contributed by atoms with Crippen molar-refractivity contribution in [1.82, 2.24) is 15.1 Å². The number of hydrogen-bond acceptors (Lipinski definition) is 6. The van der Waals surface area contributed by atoms with Gasteiger partial charge < -0.3 is 25.6 Å². The highest BCUT2D eigenvalue weighted by Gasteiger charge is 2.29. The number of carbonyl (C=O) groups excluding carboxylic acids is 1. The molecule has 0 fully saturated rings. The van der Waals surface area contributed by atoms with E-state index in [1.165, 1.54) is 36.3 Å². The molecule has 2 aromatic carbocycles. The van der Waals surface area contributed by atoms with E-state index in [1.807, 2.05) is 0 Å². The van der Waals surface area contributed by atoms with Gasteiger partial charge in [0.15, 0.2) is 5.82 Å². The lowest BCUT2D eigenvalue weighted by molar-refractivity contribution is 0.0788. The number of aliphatic hydroxyl groups is 1. The number of amides is 2. The Morgan fingerprint density at radius 2 is 1.97 bits per heavy atom. The highest BCUT2D eigenvalue weighted by atomic mass is 28.3. The second-order valence-electron chi connectivity index (χ2n) is 10.8. The molecule has 4 rings (SSSR count). The summed E-state index contributed by atoms with van der Waals surface area (Å²) < 4.78 is 41.7. The Bertz CT molecular complexity index is 1340. The molecule has 2 amide bonds. The predicted molar refractivity (Wildman–Crippen MR) is 148 cm³/mol. The molecule has 1 aliphatic heterocycles. The van der Waals surface area contributed by atoms with Crippen LogP contribution in [0.25, 0.3) is 11.1 Å². The Balaban J connectivity index is 1.49. The van der Waals surface area contributed by atoms with Crippen LogP contribution in [-0.2, 0) is 17.9 Å². The number of nitrogens with one attached hydrogen (secondary N) is 1. The van der Waals surface area contributed by atoms with Crippen LogP contribution in [0, 0.1) is 11.6 Å². The number of carbonyl (C=O) groups is 1. The number of nitrogens with two attached hydrogens (primary N) is 1. The fourth-order valence-electron chi connectivity index (χ4n) is 4.44. The van der Waals surface area contributed by atoms with Gasteiger partial charge in [0.1, 0.15) is 24.1 Å². The average Bonchev–Trinajstić information content (AvgIpc) is 3.46. The Kier molecular flexibility index (Phi) is 8.57. The SMILES string of the molecule is COc1cc(F)cc(C(CO)NC(=O)N2CCc3cc(-c4cn(COCC[Si](C)(C)C)nc4N)c(F)cc32)c1. The summed E-state index contributed by atoms with van der Waals surface area (Å²) in [5, 5.41) is 16.8. The van der Waals surface area contributed by atoms with E-state index in [1.54, 1.807) is 16.9 Å². The van der Waals surface area contributed by atoms with Crippen LogP contribution in [0.15, 0.2) is 36.5 Å². The Labute approximate surface area is 227 Å². The molecular weight excluding hydrogens is 524 g/mol. The van der Waals surface area contributed by atoms with Crippen LogP contribution >= 0.6 is 0 Å². The average molecular weight is 560 g/mol. The molecule has 0 spiro atoms. The van der Waals surface area contributed by atoms with Gasteiger partial charge in [0.25, 0.3) is 0 Å². The van der Waals surface area contributed by atoms with Crippen molar-refractivity contribution in [3.8, 4) is 16.9 Å². The first-order valence-corrected chi connectivity index (χ1v) is 16.5. The number of urea groups is 1. The highest BCUT2D eigenvalue weighted by molar-refractivity contribution is 6.76. The first-order valence-electron chi connectivity index (χ1n) is 12.8. The molecule has 0 saturated heterocycles. The van der Waals surface area contributed by atoms with Gasteiger partial charge in [-0.2, -0.15) is 5.10 Å². The molecule has 0 saturated carbocycles. The zero-order valence-corrected chi connectivity index (χ0v) is 23.6. The quantitative estimate of drug-likeness (QED) is 0.248. The lowest BCUT2D eigenvalue weighted by Gasteiger charge is -2.23. The van der Waals surface area contributed by atoms with Crippen LogP contribution in [-0.4, -0.2) is 55.9 Å². The molecule has 0 aliphatic carbocycles. The summed E-state index contributed by atoms with van der Waals surface area (Å²) in [6, 6.07) is 6.55. The van der Waals surface area contributed by atoms with Crippen molar-refractivity contribution in [1.29, 1.82) is 0 Å². The molecular formula is C27H35F2N5O4Si. The van der Waals surface area contributed by atoms with Gasteiger partial charge in [-0.25, -0.2) is 18.3 Å². The van der Waals surface area contributed by atoms with Crippen LogP contribution in [0.3, 0.4) is 0 Å². The maximum Gasteiger partial charge on any atom is 0.322 e. The minimum absolute atomic E-state index is 0.187. The number of aromatic nitrogens is 2. The molecule has 210 valence electrons. The van der Waals surface area contributed by atoms with Gasteiger partial charge in [0.05, 0.1) is 25.4 Å². The van der Waals surface area contributed by atoms with Gasteiger partial charge >= 0.3 is 6.03 Å². The molecule has 0 bridgehead atoms. The molecule has 1 unspecified atom stereocenters. The number of ether oxygens (including phenoxy) is 2. The number of rotatable bonds is 10. The van der Waals surface area contributed by atoms with Gasteiger partial charge in [-0.1, -0.05) is 19.6 Å². The van der Waals surface area contributed by atoms with E-state index in [2.05, 4.69) is 30.1 Å². The van der Waals surface area contributed by atoms with Crippen molar-refractivity contribution in [2.24, 2.45) is 0 Å². The topological polar surface area (TPSA) is 115 Å². The zero-order valence-electron chi connectivity index (χ0n) is 22.6. The van der Waals surface area contributed by atoms with Crippen molar-refractivity contribution < 1.29 is 28.2 Å². The Morgan fingerprint density at radius 3 is 2.67 bits per heavy atom. The smallest absolute Gasteiger partial charge is 0.322 e. The molecule has 12 heteroatoms. The van der Waals surface area contributed by atoms with Crippen LogP contribution < -0.4 is 20.7 Å². The van der Waals surface area contributed by atoms with Crippen molar-refractivity contribution >= 4 is 25.6 Å². The van der Waals surface area contributed by atoms with Crippen LogP contribution in [0.2, 0.25) is 25.7 Å². The monoisotopic (exact) mass is 559 g/mol. The van der Waals surface area contributed by atoms with Crippen LogP contribution in [0.5, 0.6) is 5.75 Å². The number of hydrogen-bond donors (Lipinski definition) is 3. The number of anilines is 2. The third-order valence-electron chi connectivity index (χ3n) is 6.62. The lowest BCUT2D eigenvalue weighted by atomic mass is 10.0. The van der Waals surface area contributed by atoms with E-state index in [0.717, 1.165) is 11.6 Å². The van der Waals surface area contributed by atoms with Gasteiger partial charge in [-0.3, -0.25) is 4.90 Å². The van der Waals surface area contributed by atoms with Crippen molar-refractivity contribution in [2.45, 2.75) is 44.9 Å². The first kappa shape index (κ1) is 28.5. The third kappa shape index (κ3) is 6.75. The number of benzene rings is 2.